The van der Waals surface area contributed by atoms with Crippen molar-refractivity contribution in [1.29, 1.82) is 0 Å². The van der Waals surface area contributed by atoms with E-state index in [1.165, 1.54) is 35.4 Å². The molecule has 4 rings (SSSR count). The monoisotopic (exact) mass is 479 g/mol. The van der Waals surface area contributed by atoms with Crippen molar-refractivity contribution in [2.24, 2.45) is 5.14 Å². The van der Waals surface area contributed by atoms with Crippen molar-refractivity contribution in [2.75, 3.05) is 11.5 Å². The number of anilines is 1. The van der Waals surface area contributed by atoms with Crippen LogP contribution < -0.4 is 14.8 Å². The average Bonchev–Trinajstić information content (AvgIpc) is 3.10. The van der Waals surface area contributed by atoms with Crippen LogP contribution in [0.25, 0.3) is 5.76 Å². The fraction of sp³-hybridized carbons (Fsp3) is 0.125. The molecule has 1 amide bonds. The van der Waals surface area contributed by atoms with Gasteiger partial charge in [-0.15, -0.1) is 0 Å². The van der Waals surface area contributed by atoms with Gasteiger partial charge in [-0.1, -0.05) is 6.07 Å². The number of carbonyl (C=O) groups is 2. The number of aliphatic hydroxyl groups is 1. The van der Waals surface area contributed by atoms with Gasteiger partial charge in [0.25, 0.3) is 11.7 Å². The molecule has 2 aromatic carbocycles. The van der Waals surface area contributed by atoms with E-state index >= 15 is 0 Å². The molecule has 0 radical (unpaired) electrons. The third-order valence-electron chi connectivity index (χ3n) is 5.29. The number of ketones is 1. The van der Waals surface area contributed by atoms with Crippen LogP contribution in [0.3, 0.4) is 0 Å². The normalized spacial score (nSPS) is 17.7. The number of rotatable bonds is 6. The predicted octanol–water partition coefficient (Wildman–Crippen LogP) is 2.75. The maximum absolute atomic E-state index is 13.1. The lowest BCUT2D eigenvalue weighted by molar-refractivity contribution is -0.132. The molecule has 34 heavy (non-hydrogen) atoms. The van der Waals surface area contributed by atoms with Crippen molar-refractivity contribution in [3.8, 4) is 5.75 Å². The second kappa shape index (κ2) is 9.08. The van der Waals surface area contributed by atoms with E-state index in [0.29, 0.717) is 23.6 Å². The summed E-state index contributed by atoms with van der Waals surface area (Å²) in [4.78, 5) is 31.5. The van der Waals surface area contributed by atoms with Crippen LogP contribution in [-0.4, -0.2) is 36.8 Å². The highest BCUT2D eigenvalue weighted by Crippen LogP contribution is 2.41. The highest BCUT2D eigenvalue weighted by atomic mass is 32.2. The minimum Gasteiger partial charge on any atom is -0.507 e. The van der Waals surface area contributed by atoms with Gasteiger partial charge in [0, 0.05) is 17.4 Å². The van der Waals surface area contributed by atoms with Crippen LogP contribution in [0.5, 0.6) is 5.75 Å². The smallest absolute Gasteiger partial charge is 0.300 e. The Morgan fingerprint density at radius 3 is 2.29 bits per heavy atom. The molecule has 1 aliphatic heterocycles. The van der Waals surface area contributed by atoms with Crippen molar-refractivity contribution in [1.82, 2.24) is 4.98 Å². The zero-order valence-electron chi connectivity index (χ0n) is 18.1. The number of amides is 1. The van der Waals surface area contributed by atoms with E-state index in [2.05, 4.69) is 4.98 Å². The van der Waals surface area contributed by atoms with Gasteiger partial charge in [0.2, 0.25) is 10.0 Å². The topological polar surface area (TPSA) is 140 Å². The maximum atomic E-state index is 13.1. The standard InChI is InChI=1S/C24H21N3O6S/c1-2-33-17-10-6-15(7-11-17)22(28)20-21(19-5-3-4-14-26-19)27(24(30)23(20)29)16-8-12-18(13-9-16)34(25,31)32/h3-14,21,28H,2H2,1H3,(H2,25,31,32)/b22-20+. The molecular weight excluding hydrogens is 458 g/mol. The predicted molar refractivity (Wildman–Crippen MR) is 124 cm³/mol. The molecule has 1 fully saturated rings. The molecule has 10 heteroatoms. The number of benzene rings is 2. The van der Waals surface area contributed by atoms with Crippen molar-refractivity contribution in [3.05, 3.63) is 89.8 Å². The summed E-state index contributed by atoms with van der Waals surface area (Å²) in [6, 6.07) is 15.7. The molecule has 0 aliphatic carbocycles. The lowest BCUT2D eigenvalue weighted by Gasteiger charge is -2.24. The van der Waals surface area contributed by atoms with Gasteiger partial charge in [0.15, 0.2) is 0 Å². The van der Waals surface area contributed by atoms with Crippen LogP contribution in [0.2, 0.25) is 0 Å². The number of pyridine rings is 1. The molecule has 9 nitrogen and oxygen atoms in total. The van der Waals surface area contributed by atoms with Crippen LogP contribution in [0, 0.1) is 0 Å². The van der Waals surface area contributed by atoms with Gasteiger partial charge in [0.1, 0.15) is 17.6 Å². The number of hydrogen-bond acceptors (Lipinski definition) is 7. The Morgan fingerprint density at radius 2 is 1.74 bits per heavy atom. The van der Waals surface area contributed by atoms with E-state index in [1.54, 1.807) is 42.5 Å². The summed E-state index contributed by atoms with van der Waals surface area (Å²) >= 11 is 0. The number of sulfonamides is 1. The van der Waals surface area contributed by atoms with Crippen molar-refractivity contribution in [3.63, 3.8) is 0 Å². The third-order valence-corrected chi connectivity index (χ3v) is 6.22. The Bertz CT molecular complexity index is 1370. The maximum Gasteiger partial charge on any atom is 0.300 e. The van der Waals surface area contributed by atoms with Gasteiger partial charge in [-0.25, -0.2) is 13.6 Å². The summed E-state index contributed by atoms with van der Waals surface area (Å²) < 4.78 is 28.6. The molecule has 1 saturated heterocycles. The van der Waals surface area contributed by atoms with E-state index in [0.717, 1.165) is 0 Å². The Hall–Kier alpha value is -4.02. The SMILES string of the molecule is CCOc1ccc(/C(O)=C2\C(=O)C(=O)N(c3ccc(S(N)(=O)=O)cc3)C2c2ccccn2)cc1. The fourth-order valence-electron chi connectivity index (χ4n) is 3.74. The number of aromatic nitrogens is 1. The van der Waals surface area contributed by atoms with E-state index in [4.69, 9.17) is 9.88 Å². The number of carbonyl (C=O) groups excluding carboxylic acids is 2. The highest BCUT2D eigenvalue weighted by Gasteiger charge is 2.47. The minimum atomic E-state index is -3.94. The second-order valence-electron chi connectivity index (χ2n) is 7.42. The summed E-state index contributed by atoms with van der Waals surface area (Å²) in [6.07, 6.45) is 1.51. The van der Waals surface area contributed by atoms with E-state index in [9.17, 15) is 23.1 Å². The van der Waals surface area contributed by atoms with Crippen LogP contribution >= 0.6 is 0 Å². The molecule has 1 aromatic heterocycles. The summed E-state index contributed by atoms with van der Waals surface area (Å²) in [7, 11) is -3.94. The lowest BCUT2D eigenvalue weighted by atomic mass is 9.98. The molecule has 0 saturated carbocycles. The number of hydrogen-bond donors (Lipinski definition) is 2. The van der Waals surface area contributed by atoms with Crippen LogP contribution in [0.15, 0.2) is 83.4 Å². The molecule has 3 N–H and O–H groups in total. The average molecular weight is 480 g/mol. The first kappa shape index (κ1) is 23.1. The number of Topliss-reactive ketones (excluding diaryl/α,β-unsaturated/α-hetero) is 1. The highest BCUT2D eigenvalue weighted by molar-refractivity contribution is 7.89. The Balaban J connectivity index is 1.86. The van der Waals surface area contributed by atoms with Gasteiger partial charge >= 0.3 is 0 Å². The fourth-order valence-corrected chi connectivity index (χ4v) is 4.26. The molecule has 174 valence electrons. The number of ether oxygens (including phenoxy) is 1. The largest absolute Gasteiger partial charge is 0.507 e. The van der Waals surface area contributed by atoms with Gasteiger partial charge in [0.05, 0.1) is 22.8 Å². The quantitative estimate of drug-likeness (QED) is 0.315. The van der Waals surface area contributed by atoms with E-state index in [-0.39, 0.29) is 21.9 Å². The van der Waals surface area contributed by atoms with Crippen molar-refractivity contribution in [2.45, 2.75) is 17.9 Å². The number of nitrogens with two attached hydrogens (primary N) is 1. The van der Waals surface area contributed by atoms with Crippen LogP contribution in [0.4, 0.5) is 5.69 Å². The first-order valence-corrected chi connectivity index (χ1v) is 11.8. The summed E-state index contributed by atoms with van der Waals surface area (Å²) in [5.41, 5.74) is 0.788. The molecule has 2 heterocycles. The first-order chi connectivity index (χ1) is 16.2. The molecule has 0 bridgehead atoms. The molecular formula is C24H21N3O6S. The Kier molecular flexibility index (Phi) is 6.18. The number of primary sulfonamides is 1. The van der Waals surface area contributed by atoms with Gasteiger partial charge in [-0.05, 0) is 67.6 Å². The minimum absolute atomic E-state index is 0.136. The number of nitrogens with zero attached hydrogens (tertiary/aromatic N) is 2. The van der Waals surface area contributed by atoms with E-state index in [1.807, 2.05) is 6.92 Å². The van der Waals surface area contributed by atoms with E-state index < -0.39 is 27.8 Å². The molecule has 1 unspecified atom stereocenters. The second-order valence-corrected chi connectivity index (χ2v) is 8.98. The zero-order chi connectivity index (χ0) is 24.5. The summed E-state index contributed by atoms with van der Waals surface area (Å²) in [5.74, 6) is -1.54. The van der Waals surface area contributed by atoms with Crippen molar-refractivity contribution < 1.29 is 27.9 Å². The molecule has 1 atom stereocenters. The van der Waals surface area contributed by atoms with Gasteiger partial charge in [-0.2, -0.15) is 0 Å². The third kappa shape index (κ3) is 4.28. The summed E-state index contributed by atoms with van der Waals surface area (Å²) in [5, 5.41) is 16.3. The molecule has 1 aliphatic rings. The van der Waals surface area contributed by atoms with Crippen LogP contribution in [-0.2, 0) is 19.6 Å². The Morgan fingerprint density at radius 1 is 1.06 bits per heavy atom. The van der Waals surface area contributed by atoms with Gasteiger partial charge in [-0.3, -0.25) is 19.5 Å². The summed E-state index contributed by atoms with van der Waals surface area (Å²) in [6.45, 7) is 2.32. The van der Waals surface area contributed by atoms with Crippen LogP contribution in [0.1, 0.15) is 24.2 Å². The Labute approximate surface area is 196 Å². The van der Waals surface area contributed by atoms with Crippen molar-refractivity contribution >= 4 is 33.2 Å². The molecule has 0 spiro atoms. The molecule has 3 aromatic rings. The van der Waals surface area contributed by atoms with Gasteiger partial charge < -0.3 is 9.84 Å². The lowest BCUT2D eigenvalue weighted by Crippen LogP contribution is -2.29. The zero-order valence-corrected chi connectivity index (χ0v) is 18.9. The number of aliphatic hydroxyl groups excluding tert-OH is 1. The first-order valence-electron chi connectivity index (χ1n) is 10.3.